The van der Waals surface area contributed by atoms with Gasteiger partial charge < -0.3 is 9.67 Å². The van der Waals surface area contributed by atoms with E-state index in [0.29, 0.717) is 18.3 Å². The Hall–Kier alpha value is -0.500. The van der Waals surface area contributed by atoms with Crippen LogP contribution in [-0.2, 0) is 16.6 Å². The van der Waals surface area contributed by atoms with Gasteiger partial charge in [-0.15, -0.1) is 0 Å². The summed E-state index contributed by atoms with van der Waals surface area (Å²) in [6.45, 7) is 2.45. The van der Waals surface area contributed by atoms with Crippen LogP contribution in [0.4, 0.5) is 0 Å². The van der Waals surface area contributed by atoms with Crippen molar-refractivity contribution in [3.63, 3.8) is 0 Å². The van der Waals surface area contributed by atoms with Crippen LogP contribution in [0.25, 0.3) is 0 Å². The molecule has 21 heavy (non-hydrogen) atoms. The zero-order valence-corrected chi connectivity index (χ0v) is 13.8. The molecule has 7 heteroatoms. The first-order valence-electron chi connectivity index (χ1n) is 7.39. The average molecular weight is 330 g/mol. The van der Waals surface area contributed by atoms with Gasteiger partial charge in [-0.3, -0.25) is 0 Å². The molecule has 1 unspecified atom stereocenters. The standard InChI is InChI=1S/C14H22N2O3S2/c1-14(5-2-6-20-14)10-15-21(18,19)13-7-12(9-17)16(8-13)11-3-4-11/h7-8,11,15,17H,2-6,9-10H2,1H3. The predicted octanol–water partition coefficient (Wildman–Crippen LogP) is 1.88. The smallest absolute Gasteiger partial charge is 0.242 e. The summed E-state index contributed by atoms with van der Waals surface area (Å²) in [7, 11) is -3.50. The first-order chi connectivity index (χ1) is 9.93. The summed E-state index contributed by atoms with van der Waals surface area (Å²) in [4.78, 5) is 0.269. The van der Waals surface area contributed by atoms with Crippen LogP contribution in [0.15, 0.2) is 17.2 Å². The molecule has 2 aliphatic rings. The first kappa shape index (κ1) is 15.4. The van der Waals surface area contributed by atoms with Gasteiger partial charge in [-0.25, -0.2) is 13.1 Å². The average Bonchev–Trinajstić information content (AvgIpc) is 3.05. The van der Waals surface area contributed by atoms with Crippen molar-refractivity contribution in [3.05, 3.63) is 18.0 Å². The maximum atomic E-state index is 12.4. The van der Waals surface area contributed by atoms with E-state index in [9.17, 15) is 13.5 Å². The lowest BCUT2D eigenvalue weighted by atomic mass is 10.1. The van der Waals surface area contributed by atoms with Crippen molar-refractivity contribution in [2.24, 2.45) is 0 Å². The Balaban J connectivity index is 1.75. The van der Waals surface area contributed by atoms with E-state index < -0.39 is 10.0 Å². The largest absolute Gasteiger partial charge is 0.390 e. The predicted molar refractivity (Wildman–Crippen MR) is 83.9 cm³/mol. The Morgan fingerprint density at radius 3 is 2.86 bits per heavy atom. The number of aromatic nitrogens is 1. The number of aliphatic hydroxyl groups excluding tert-OH is 1. The summed E-state index contributed by atoms with van der Waals surface area (Å²) in [5, 5.41) is 9.38. The van der Waals surface area contributed by atoms with Gasteiger partial charge in [-0.05, 0) is 44.4 Å². The molecule has 1 aromatic rings. The second-order valence-electron chi connectivity index (χ2n) is 6.19. The molecule has 1 aliphatic carbocycles. The molecule has 0 amide bonds. The van der Waals surface area contributed by atoms with Crippen molar-refractivity contribution >= 4 is 21.8 Å². The number of thioether (sulfide) groups is 1. The van der Waals surface area contributed by atoms with Gasteiger partial charge in [0.15, 0.2) is 0 Å². The first-order valence-corrected chi connectivity index (χ1v) is 9.86. The highest BCUT2D eigenvalue weighted by Crippen LogP contribution is 2.38. The summed E-state index contributed by atoms with van der Waals surface area (Å²) >= 11 is 1.84. The minimum atomic E-state index is -3.50. The van der Waals surface area contributed by atoms with Gasteiger partial charge in [0.1, 0.15) is 0 Å². The highest BCUT2D eigenvalue weighted by Gasteiger charge is 2.32. The van der Waals surface area contributed by atoms with Crippen LogP contribution in [0.5, 0.6) is 0 Å². The van der Waals surface area contributed by atoms with E-state index in [2.05, 4.69) is 11.6 Å². The summed E-state index contributed by atoms with van der Waals surface area (Å²) in [5.74, 6) is 1.10. The van der Waals surface area contributed by atoms with Gasteiger partial charge in [0.2, 0.25) is 10.0 Å². The molecule has 0 radical (unpaired) electrons. The molecule has 0 spiro atoms. The number of nitrogens with zero attached hydrogens (tertiary/aromatic N) is 1. The highest BCUT2D eigenvalue weighted by atomic mass is 32.2. The van der Waals surface area contributed by atoms with Crippen LogP contribution in [0.3, 0.4) is 0 Å². The van der Waals surface area contributed by atoms with Crippen LogP contribution in [0.2, 0.25) is 0 Å². The minimum absolute atomic E-state index is 0.00589. The van der Waals surface area contributed by atoms with Crippen molar-refractivity contribution in [2.75, 3.05) is 12.3 Å². The molecule has 2 fully saturated rings. The van der Waals surface area contributed by atoms with E-state index in [0.717, 1.165) is 31.4 Å². The summed E-state index contributed by atoms with van der Waals surface area (Å²) < 4.78 is 29.5. The number of hydrogen-bond donors (Lipinski definition) is 2. The Kier molecular flexibility index (Phi) is 4.11. The van der Waals surface area contributed by atoms with Crippen LogP contribution < -0.4 is 4.72 Å². The molecule has 3 rings (SSSR count). The summed E-state index contributed by atoms with van der Waals surface area (Å²) in [5.41, 5.74) is 0.680. The van der Waals surface area contributed by atoms with Crippen molar-refractivity contribution in [2.45, 2.75) is 54.9 Å². The summed E-state index contributed by atoms with van der Waals surface area (Å²) in [6.07, 6.45) is 5.98. The van der Waals surface area contributed by atoms with Gasteiger partial charge in [0.05, 0.1) is 11.5 Å². The number of sulfonamides is 1. The molecule has 2 N–H and O–H groups in total. The Morgan fingerprint density at radius 2 is 2.29 bits per heavy atom. The zero-order chi connectivity index (χ0) is 15.1. The third-order valence-corrected chi connectivity index (χ3v) is 7.16. The fourth-order valence-corrected chi connectivity index (χ4v) is 5.32. The quantitative estimate of drug-likeness (QED) is 0.835. The van der Waals surface area contributed by atoms with E-state index in [1.54, 1.807) is 12.3 Å². The number of hydrogen-bond acceptors (Lipinski definition) is 4. The van der Waals surface area contributed by atoms with Gasteiger partial charge in [0.25, 0.3) is 0 Å². The molecule has 1 saturated carbocycles. The van der Waals surface area contributed by atoms with Gasteiger partial charge in [-0.2, -0.15) is 11.8 Å². The Bertz CT molecular complexity index is 614. The van der Waals surface area contributed by atoms with Crippen LogP contribution in [0.1, 0.15) is 44.3 Å². The third kappa shape index (κ3) is 3.31. The minimum Gasteiger partial charge on any atom is -0.390 e. The van der Waals surface area contributed by atoms with Crippen LogP contribution in [0, 0.1) is 0 Å². The molecule has 1 aromatic heterocycles. The molecule has 1 aliphatic heterocycles. The second-order valence-corrected chi connectivity index (χ2v) is 9.64. The van der Waals surface area contributed by atoms with Gasteiger partial charge in [-0.1, -0.05) is 0 Å². The fourth-order valence-electron chi connectivity index (χ4n) is 2.77. The van der Waals surface area contributed by atoms with Crippen molar-refractivity contribution in [1.29, 1.82) is 0 Å². The van der Waals surface area contributed by atoms with Crippen LogP contribution in [-0.4, -0.2) is 35.1 Å². The van der Waals surface area contributed by atoms with Crippen molar-refractivity contribution < 1.29 is 13.5 Å². The fraction of sp³-hybridized carbons (Fsp3) is 0.714. The lowest BCUT2D eigenvalue weighted by molar-refractivity contribution is 0.270. The molecule has 1 atom stereocenters. The Labute approximate surface area is 130 Å². The lowest BCUT2D eigenvalue weighted by Crippen LogP contribution is -2.36. The van der Waals surface area contributed by atoms with E-state index >= 15 is 0 Å². The molecule has 1 saturated heterocycles. The Morgan fingerprint density at radius 1 is 1.52 bits per heavy atom. The van der Waals surface area contributed by atoms with Crippen LogP contribution >= 0.6 is 11.8 Å². The molecule has 0 aromatic carbocycles. The maximum Gasteiger partial charge on any atom is 0.242 e. The number of nitrogens with one attached hydrogen (secondary N) is 1. The lowest BCUT2D eigenvalue weighted by Gasteiger charge is -2.22. The zero-order valence-electron chi connectivity index (χ0n) is 12.2. The SMILES string of the molecule is CC1(CNS(=O)(=O)c2cc(CO)n(C3CC3)c2)CCCS1. The van der Waals surface area contributed by atoms with Crippen molar-refractivity contribution in [1.82, 2.24) is 9.29 Å². The molecular formula is C14H22N2O3S2. The topological polar surface area (TPSA) is 71.3 Å². The molecular weight excluding hydrogens is 308 g/mol. The van der Waals surface area contributed by atoms with Crippen molar-refractivity contribution in [3.8, 4) is 0 Å². The molecule has 0 bridgehead atoms. The molecule has 5 nitrogen and oxygen atoms in total. The van der Waals surface area contributed by atoms with Gasteiger partial charge >= 0.3 is 0 Å². The number of aliphatic hydroxyl groups is 1. The monoisotopic (exact) mass is 330 g/mol. The normalized spacial score (nSPS) is 26.4. The van der Waals surface area contributed by atoms with E-state index in [4.69, 9.17) is 0 Å². The number of rotatable bonds is 6. The summed E-state index contributed by atoms with van der Waals surface area (Å²) in [6, 6.07) is 1.95. The maximum absolute atomic E-state index is 12.4. The second kappa shape index (κ2) is 5.61. The third-order valence-electron chi connectivity index (χ3n) is 4.26. The molecule has 2 heterocycles. The van der Waals surface area contributed by atoms with Gasteiger partial charge in [0, 0.05) is 29.2 Å². The van der Waals surface area contributed by atoms with E-state index in [-0.39, 0.29) is 16.2 Å². The van der Waals surface area contributed by atoms with E-state index in [1.807, 2.05) is 16.3 Å². The van der Waals surface area contributed by atoms with E-state index in [1.165, 1.54) is 0 Å². The highest BCUT2D eigenvalue weighted by molar-refractivity contribution is 8.01. The molecule has 118 valence electrons.